The fraction of sp³-hybridized carbons (Fsp3) is 0.909. The molecular formula is C11H18N2O. The number of hydrogen-bond donors (Lipinski definition) is 1. The van der Waals surface area contributed by atoms with Crippen molar-refractivity contribution >= 4 is 0 Å². The molecule has 2 saturated carbocycles. The van der Waals surface area contributed by atoms with E-state index >= 15 is 0 Å². The Kier molecular flexibility index (Phi) is 2.76. The van der Waals surface area contributed by atoms with E-state index in [1.54, 1.807) is 0 Å². The number of nitriles is 1. The van der Waals surface area contributed by atoms with Crippen molar-refractivity contribution in [3.05, 3.63) is 0 Å². The van der Waals surface area contributed by atoms with Crippen molar-refractivity contribution in [3.63, 3.8) is 0 Å². The third kappa shape index (κ3) is 1.77. The Labute approximate surface area is 85.4 Å². The predicted molar refractivity (Wildman–Crippen MR) is 53.8 cm³/mol. The fourth-order valence-electron chi connectivity index (χ4n) is 2.28. The molecule has 0 aromatic heterocycles. The average Bonchev–Trinajstić information content (AvgIpc) is 2.56. The third-order valence-corrected chi connectivity index (χ3v) is 3.60. The molecular weight excluding hydrogens is 176 g/mol. The maximum atomic E-state index is 9.07. The van der Waals surface area contributed by atoms with Crippen LogP contribution in [-0.4, -0.2) is 24.8 Å². The van der Waals surface area contributed by atoms with Gasteiger partial charge in [-0.05, 0) is 39.2 Å². The number of nitrogens with one attached hydrogen (secondary N) is 1. The molecule has 2 unspecified atom stereocenters. The van der Waals surface area contributed by atoms with E-state index in [2.05, 4.69) is 11.4 Å². The summed E-state index contributed by atoms with van der Waals surface area (Å²) in [5, 5.41) is 12.2. The lowest BCUT2D eigenvalue weighted by Gasteiger charge is -2.29. The minimum Gasteiger partial charge on any atom is -0.375 e. The van der Waals surface area contributed by atoms with Crippen molar-refractivity contribution in [1.29, 1.82) is 5.26 Å². The Balaban J connectivity index is 1.84. The Morgan fingerprint density at radius 3 is 2.57 bits per heavy atom. The SMILES string of the molecule is CNC1(C#N)CCC(OC2CCC2)C1. The molecule has 0 spiro atoms. The van der Waals surface area contributed by atoms with Gasteiger partial charge in [0.15, 0.2) is 0 Å². The zero-order chi connectivity index (χ0) is 10.0. The molecule has 0 amide bonds. The van der Waals surface area contributed by atoms with Crippen LogP contribution < -0.4 is 5.32 Å². The van der Waals surface area contributed by atoms with E-state index in [4.69, 9.17) is 10.00 Å². The Bertz CT molecular complexity index is 244. The minimum absolute atomic E-state index is 0.311. The molecule has 2 rings (SSSR count). The highest BCUT2D eigenvalue weighted by molar-refractivity contribution is 5.11. The van der Waals surface area contributed by atoms with E-state index < -0.39 is 0 Å². The van der Waals surface area contributed by atoms with Crippen molar-refractivity contribution in [3.8, 4) is 6.07 Å². The van der Waals surface area contributed by atoms with Crippen LogP contribution in [0.2, 0.25) is 0 Å². The van der Waals surface area contributed by atoms with Crippen molar-refractivity contribution < 1.29 is 4.74 Å². The molecule has 0 heterocycles. The summed E-state index contributed by atoms with van der Waals surface area (Å²) < 4.78 is 5.92. The summed E-state index contributed by atoms with van der Waals surface area (Å²) in [4.78, 5) is 0. The summed E-state index contributed by atoms with van der Waals surface area (Å²) in [5.74, 6) is 0. The van der Waals surface area contributed by atoms with E-state index in [-0.39, 0.29) is 5.54 Å². The molecule has 0 aliphatic heterocycles. The van der Waals surface area contributed by atoms with Gasteiger partial charge in [0, 0.05) is 6.42 Å². The van der Waals surface area contributed by atoms with Gasteiger partial charge < -0.3 is 10.1 Å². The minimum atomic E-state index is -0.311. The van der Waals surface area contributed by atoms with E-state index in [9.17, 15) is 0 Å². The topological polar surface area (TPSA) is 45.0 Å². The first kappa shape index (κ1) is 9.95. The average molecular weight is 194 g/mol. The van der Waals surface area contributed by atoms with Gasteiger partial charge in [-0.1, -0.05) is 0 Å². The van der Waals surface area contributed by atoms with Gasteiger partial charge >= 0.3 is 0 Å². The second-order valence-corrected chi connectivity index (χ2v) is 4.50. The number of hydrogen-bond acceptors (Lipinski definition) is 3. The number of rotatable bonds is 3. The van der Waals surface area contributed by atoms with Crippen molar-refractivity contribution in [2.45, 2.75) is 56.3 Å². The predicted octanol–water partition coefficient (Wildman–Crippen LogP) is 1.59. The first-order valence-electron chi connectivity index (χ1n) is 5.54. The molecule has 2 aliphatic rings. The Morgan fingerprint density at radius 1 is 1.36 bits per heavy atom. The normalized spacial score (nSPS) is 37.9. The molecule has 0 radical (unpaired) electrons. The van der Waals surface area contributed by atoms with E-state index in [1.165, 1.54) is 19.3 Å². The molecule has 0 saturated heterocycles. The monoisotopic (exact) mass is 194 g/mol. The molecule has 1 N–H and O–H groups in total. The largest absolute Gasteiger partial charge is 0.375 e. The highest BCUT2D eigenvalue weighted by Crippen LogP contribution is 2.34. The van der Waals surface area contributed by atoms with Crippen molar-refractivity contribution in [2.75, 3.05) is 7.05 Å². The van der Waals surface area contributed by atoms with Crippen molar-refractivity contribution in [2.24, 2.45) is 0 Å². The Morgan fingerprint density at radius 2 is 2.14 bits per heavy atom. The first-order valence-corrected chi connectivity index (χ1v) is 5.54. The molecule has 3 heteroatoms. The first-order chi connectivity index (χ1) is 6.78. The van der Waals surface area contributed by atoms with Crippen LogP contribution in [0.3, 0.4) is 0 Å². The molecule has 2 fully saturated rings. The summed E-state index contributed by atoms with van der Waals surface area (Å²) in [5.41, 5.74) is -0.311. The molecule has 14 heavy (non-hydrogen) atoms. The fourth-order valence-corrected chi connectivity index (χ4v) is 2.28. The number of ether oxygens (including phenoxy) is 1. The van der Waals surface area contributed by atoms with E-state index in [0.717, 1.165) is 19.3 Å². The van der Waals surface area contributed by atoms with Gasteiger partial charge in [0.1, 0.15) is 5.54 Å². The van der Waals surface area contributed by atoms with Gasteiger partial charge in [0.05, 0.1) is 18.3 Å². The summed E-state index contributed by atoms with van der Waals surface area (Å²) in [6, 6.07) is 2.38. The van der Waals surface area contributed by atoms with Crippen LogP contribution in [0.1, 0.15) is 38.5 Å². The zero-order valence-electron chi connectivity index (χ0n) is 8.75. The molecule has 0 aromatic carbocycles. The maximum Gasteiger partial charge on any atom is 0.109 e. The molecule has 78 valence electrons. The lowest BCUT2D eigenvalue weighted by atomic mass is 9.95. The van der Waals surface area contributed by atoms with Crippen LogP contribution in [0.15, 0.2) is 0 Å². The lowest BCUT2D eigenvalue weighted by molar-refractivity contribution is -0.0492. The van der Waals surface area contributed by atoms with Crippen LogP contribution >= 0.6 is 0 Å². The van der Waals surface area contributed by atoms with Crippen LogP contribution in [0, 0.1) is 11.3 Å². The maximum absolute atomic E-state index is 9.07. The summed E-state index contributed by atoms with van der Waals surface area (Å²) >= 11 is 0. The van der Waals surface area contributed by atoms with Gasteiger partial charge in [0.25, 0.3) is 0 Å². The van der Waals surface area contributed by atoms with Gasteiger partial charge in [-0.3, -0.25) is 0 Å². The highest BCUT2D eigenvalue weighted by Gasteiger charge is 2.40. The van der Waals surface area contributed by atoms with Crippen LogP contribution in [0.5, 0.6) is 0 Å². The molecule has 0 bridgehead atoms. The smallest absolute Gasteiger partial charge is 0.109 e. The summed E-state index contributed by atoms with van der Waals surface area (Å²) in [7, 11) is 1.87. The van der Waals surface area contributed by atoms with Crippen LogP contribution in [0.25, 0.3) is 0 Å². The van der Waals surface area contributed by atoms with Gasteiger partial charge in [-0.25, -0.2) is 0 Å². The molecule has 2 atom stereocenters. The van der Waals surface area contributed by atoms with E-state index in [0.29, 0.717) is 12.2 Å². The Hall–Kier alpha value is -0.590. The second-order valence-electron chi connectivity index (χ2n) is 4.50. The van der Waals surface area contributed by atoms with Crippen molar-refractivity contribution in [1.82, 2.24) is 5.32 Å². The lowest BCUT2D eigenvalue weighted by Crippen LogP contribution is -2.39. The molecule has 3 nitrogen and oxygen atoms in total. The third-order valence-electron chi connectivity index (χ3n) is 3.60. The van der Waals surface area contributed by atoms with Gasteiger partial charge in [-0.2, -0.15) is 5.26 Å². The highest BCUT2D eigenvalue weighted by atomic mass is 16.5. The summed E-state index contributed by atoms with van der Waals surface area (Å²) in [6.07, 6.45) is 7.37. The van der Waals surface area contributed by atoms with Gasteiger partial charge in [-0.15, -0.1) is 0 Å². The quantitative estimate of drug-likeness (QED) is 0.742. The second kappa shape index (κ2) is 3.88. The summed E-state index contributed by atoms with van der Waals surface area (Å²) in [6.45, 7) is 0. The van der Waals surface area contributed by atoms with E-state index in [1.807, 2.05) is 7.05 Å². The van der Waals surface area contributed by atoms with Crippen LogP contribution in [-0.2, 0) is 4.74 Å². The zero-order valence-corrected chi connectivity index (χ0v) is 8.75. The molecule has 2 aliphatic carbocycles. The van der Waals surface area contributed by atoms with Gasteiger partial charge in [0.2, 0.25) is 0 Å². The van der Waals surface area contributed by atoms with Crippen LogP contribution in [0.4, 0.5) is 0 Å². The standard InChI is InChI=1S/C11H18N2O/c1-13-11(8-12)6-5-10(7-11)14-9-3-2-4-9/h9-10,13H,2-7H2,1H3. The number of nitrogens with zero attached hydrogens (tertiary/aromatic N) is 1. The molecule has 0 aromatic rings.